The second kappa shape index (κ2) is 9.87. The van der Waals surface area contributed by atoms with Crippen molar-refractivity contribution >= 4 is 18.3 Å². The fourth-order valence-corrected chi connectivity index (χ4v) is 4.79. The first kappa shape index (κ1) is 20.6. The summed E-state index contributed by atoms with van der Waals surface area (Å²) in [6.07, 6.45) is 5.53. The van der Waals surface area contributed by atoms with Crippen molar-refractivity contribution in [3.05, 3.63) is 35.4 Å². The molecule has 1 aliphatic carbocycles. The van der Waals surface area contributed by atoms with E-state index in [1.54, 1.807) is 0 Å². The number of morpholine rings is 1. The number of likely N-dealkylation sites (tertiary alicyclic amines) is 1. The molecule has 0 spiro atoms. The molecule has 1 aromatic carbocycles. The second-order valence-corrected chi connectivity index (χ2v) is 7.91. The number of hydrogen-bond donors (Lipinski definition) is 2. The Balaban J connectivity index is 0.00000210. The first-order valence-electron chi connectivity index (χ1n) is 10.2. The maximum absolute atomic E-state index is 12.0. The second-order valence-electron chi connectivity index (χ2n) is 7.91. The highest BCUT2D eigenvalue weighted by Gasteiger charge is 2.34. The molecule has 4 rings (SSSR count). The smallest absolute Gasteiger partial charge is 0.222 e. The minimum absolute atomic E-state index is 0. The van der Waals surface area contributed by atoms with Gasteiger partial charge in [0.25, 0.3) is 0 Å². The van der Waals surface area contributed by atoms with Crippen LogP contribution in [0, 0.1) is 5.92 Å². The van der Waals surface area contributed by atoms with Crippen molar-refractivity contribution in [1.82, 2.24) is 15.5 Å². The standard InChI is InChI=1S/C21H31N3O2.ClH/c25-21-9-4-11-24(21)14-17-6-2-1-5-16(17)13-23-19-8-3-7-18(19)20-15-26-12-10-22-20;/h1-2,5-6,18-20,22-23H,3-4,7-15H2;1H. The molecule has 2 saturated heterocycles. The summed E-state index contributed by atoms with van der Waals surface area (Å²) >= 11 is 0. The maximum Gasteiger partial charge on any atom is 0.222 e. The summed E-state index contributed by atoms with van der Waals surface area (Å²) in [7, 11) is 0. The lowest BCUT2D eigenvalue weighted by Crippen LogP contribution is -2.50. The molecule has 3 fully saturated rings. The van der Waals surface area contributed by atoms with E-state index in [0.29, 0.717) is 30.3 Å². The molecule has 5 nitrogen and oxygen atoms in total. The normalized spacial score (nSPS) is 28.4. The third-order valence-electron chi connectivity index (χ3n) is 6.24. The number of amides is 1. The van der Waals surface area contributed by atoms with Crippen LogP contribution < -0.4 is 10.6 Å². The molecular formula is C21H32ClN3O2. The Hall–Kier alpha value is -1.14. The lowest BCUT2D eigenvalue weighted by molar-refractivity contribution is -0.128. The molecule has 1 amide bonds. The third kappa shape index (κ3) is 5.02. The van der Waals surface area contributed by atoms with Crippen LogP contribution >= 0.6 is 12.4 Å². The third-order valence-corrected chi connectivity index (χ3v) is 6.24. The van der Waals surface area contributed by atoms with Crippen LogP contribution in [0.1, 0.15) is 43.2 Å². The van der Waals surface area contributed by atoms with Gasteiger partial charge in [0, 0.05) is 44.7 Å². The highest BCUT2D eigenvalue weighted by molar-refractivity contribution is 5.85. The Morgan fingerprint density at radius 1 is 1.19 bits per heavy atom. The molecule has 27 heavy (non-hydrogen) atoms. The van der Waals surface area contributed by atoms with Crippen molar-refractivity contribution < 1.29 is 9.53 Å². The number of hydrogen-bond acceptors (Lipinski definition) is 4. The molecule has 2 aliphatic heterocycles. The van der Waals surface area contributed by atoms with Crippen LogP contribution in [0.25, 0.3) is 0 Å². The predicted octanol–water partition coefficient (Wildman–Crippen LogP) is 2.48. The van der Waals surface area contributed by atoms with Gasteiger partial charge in [-0.1, -0.05) is 30.7 Å². The molecular weight excluding hydrogens is 362 g/mol. The highest BCUT2D eigenvalue weighted by Crippen LogP contribution is 2.30. The van der Waals surface area contributed by atoms with Gasteiger partial charge in [-0.25, -0.2) is 0 Å². The van der Waals surface area contributed by atoms with Crippen LogP contribution in [0.5, 0.6) is 0 Å². The zero-order valence-corrected chi connectivity index (χ0v) is 16.8. The summed E-state index contributed by atoms with van der Waals surface area (Å²) in [5, 5.41) is 7.47. The average Bonchev–Trinajstić information content (AvgIpc) is 3.31. The Morgan fingerprint density at radius 3 is 2.78 bits per heavy atom. The van der Waals surface area contributed by atoms with E-state index in [4.69, 9.17) is 4.74 Å². The van der Waals surface area contributed by atoms with Gasteiger partial charge in [-0.2, -0.15) is 0 Å². The van der Waals surface area contributed by atoms with E-state index in [-0.39, 0.29) is 12.4 Å². The van der Waals surface area contributed by atoms with Crippen LogP contribution in [-0.4, -0.2) is 49.2 Å². The van der Waals surface area contributed by atoms with Gasteiger partial charge in [-0.3, -0.25) is 4.79 Å². The van der Waals surface area contributed by atoms with Gasteiger partial charge in [0.1, 0.15) is 0 Å². The molecule has 0 bridgehead atoms. The fraction of sp³-hybridized carbons (Fsp3) is 0.667. The van der Waals surface area contributed by atoms with Crippen LogP contribution in [0.15, 0.2) is 24.3 Å². The first-order chi connectivity index (χ1) is 12.8. The lowest BCUT2D eigenvalue weighted by atomic mass is 9.93. The van der Waals surface area contributed by atoms with E-state index < -0.39 is 0 Å². The molecule has 6 heteroatoms. The summed E-state index contributed by atoms with van der Waals surface area (Å²) in [4.78, 5) is 14.0. The molecule has 0 radical (unpaired) electrons. The summed E-state index contributed by atoms with van der Waals surface area (Å²) < 4.78 is 5.68. The quantitative estimate of drug-likeness (QED) is 0.779. The van der Waals surface area contributed by atoms with Crippen molar-refractivity contribution in [3.8, 4) is 0 Å². The van der Waals surface area contributed by atoms with Crippen LogP contribution in [0.2, 0.25) is 0 Å². The molecule has 3 atom stereocenters. The lowest BCUT2D eigenvalue weighted by Gasteiger charge is -2.33. The molecule has 2 heterocycles. The average molecular weight is 394 g/mol. The Morgan fingerprint density at radius 2 is 2.04 bits per heavy atom. The van der Waals surface area contributed by atoms with E-state index >= 15 is 0 Å². The minimum atomic E-state index is 0. The number of nitrogens with one attached hydrogen (secondary N) is 2. The molecule has 150 valence electrons. The Labute approximate surface area is 168 Å². The number of nitrogens with zero attached hydrogens (tertiary/aromatic N) is 1. The van der Waals surface area contributed by atoms with Gasteiger partial charge in [0.05, 0.1) is 13.2 Å². The first-order valence-corrected chi connectivity index (χ1v) is 10.2. The number of benzene rings is 1. The number of rotatable bonds is 6. The Kier molecular flexibility index (Phi) is 7.53. The van der Waals surface area contributed by atoms with Crippen molar-refractivity contribution in [2.24, 2.45) is 5.92 Å². The van der Waals surface area contributed by atoms with Crippen molar-refractivity contribution in [2.45, 2.75) is 57.3 Å². The van der Waals surface area contributed by atoms with Crippen molar-refractivity contribution in [2.75, 3.05) is 26.3 Å². The minimum Gasteiger partial charge on any atom is -0.379 e. The van der Waals surface area contributed by atoms with Crippen LogP contribution in [0.4, 0.5) is 0 Å². The summed E-state index contributed by atoms with van der Waals surface area (Å²) in [5.74, 6) is 0.953. The molecule has 2 N–H and O–H groups in total. The van der Waals surface area contributed by atoms with Crippen molar-refractivity contribution in [1.29, 1.82) is 0 Å². The van der Waals surface area contributed by atoms with E-state index in [2.05, 4.69) is 34.9 Å². The van der Waals surface area contributed by atoms with Gasteiger partial charge in [-0.15, -0.1) is 12.4 Å². The van der Waals surface area contributed by atoms with E-state index in [1.807, 2.05) is 4.90 Å². The van der Waals surface area contributed by atoms with Gasteiger partial charge >= 0.3 is 0 Å². The molecule has 1 aromatic rings. The van der Waals surface area contributed by atoms with Crippen LogP contribution in [-0.2, 0) is 22.6 Å². The number of ether oxygens (including phenoxy) is 1. The molecule has 0 aromatic heterocycles. The van der Waals surface area contributed by atoms with E-state index in [0.717, 1.165) is 45.8 Å². The van der Waals surface area contributed by atoms with Crippen molar-refractivity contribution in [3.63, 3.8) is 0 Å². The number of carbonyl (C=O) groups excluding carboxylic acids is 1. The largest absolute Gasteiger partial charge is 0.379 e. The highest BCUT2D eigenvalue weighted by atomic mass is 35.5. The fourth-order valence-electron chi connectivity index (χ4n) is 4.79. The van der Waals surface area contributed by atoms with Gasteiger partial charge < -0.3 is 20.3 Å². The van der Waals surface area contributed by atoms with Gasteiger partial charge in [-0.05, 0) is 36.3 Å². The molecule has 1 saturated carbocycles. The monoisotopic (exact) mass is 393 g/mol. The summed E-state index contributed by atoms with van der Waals surface area (Å²) in [6, 6.07) is 9.60. The van der Waals surface area contributed by atoms with E-state index in [1.165, 1.54) is 30.4 Å². The van der Waals surface area contributed by atoms with Gasteiger partial charge in [0.15, 0.2) is 0 Å². The van der Waals surface area contributed by atoms with E-state index in [9.17, 15) is 4.79 Å². The number of halogens is 1. The van der Waals surface area contributed by atoms with Crippen LogP contribution in [0.3, 0.4) is 0 Å². The SMILES string of the molecule is Cl.O=C1CCCN1Cc1ccccc1CNC1CCCC1C1COCCN1. The zero-order valence-electron chi connectivity index (χ0n) is 16.0. The topological polar surface area (TPSA) is 53.6 Å². The zero-order chi connectivity index (χ0) is 17.8. The molecule has 3 aliphatic rings. The maximum atomic E-state index is 12.0. The predicted molar refractivity (Wildman–Crippen MR) is 109 cm³/mol. The summed E-state index contributed by atoms with van der Waals surface area (Å²) in [5.41, 5.74) is 2.61. The number of carbonyl (C=O) groups is 1. The van der Waals surface area contributed by atoms with Gasteiger partial charge in [0.2, 0.25) is 5.91 Å². The summed E-state index contributed by atoms with van der Waals surface area (Å²) in [6.45, 7) is 5.19. The Bertz CT molecular complexity index is 621. The molecule has 3 unspecified atom stereocenters.